The van der Waals surface area contributed by atoms with Gasteiger partial charge in [-0.2, -0.15) is 0 Å². The monoisotopic (exact) mass is 316 g/mol. The summed E-state index contributed by atoms with van der Waals surface area (Å²) in [6.45, 7) is 0.721. The van der Waals surface area contributed by atoms with Crippen LogP contribution < -0.4 is 10.5 Å². The molecule has 1 unspecified atom stereocenters. The van der Waals surface area contributed by atoms with Gasteiger partial charge in [-0.15, -0.1) is 13.2 Å². The summed E-state index contributed by atoms with van der Waals surface area (Å²) < 4.78 is 40.0. The quantitative estimate of drug-likeness (QED) is 0.926. The second-order valence-corrected chi connectivity index (χ2v) is 5.06. The molecule has 22 heavy (non-hydrogen) atoms. The van der Waals surface area contributed by atoms with Crippen molar-refractivity contribution < 1.29 is 27.5 Å². The van der Waals surface area contributed by atoms with Gasteiger partial charge in [0.25, 0.3) is 5.91 Å². The Hall–Kier alpha value is -2.25. The summed E-state index contributed by atoms with van der Waals surface area (Å²) in [5.41, 5.74) is 5.48. The van der Waals surface area contributed by atoms with Crippen molar-refractivity contribution in [1.29, 1.82) is 0 Å². The third-order valence-electron chi connectivity index (χ3n) is 3.45. The number of benzene rings is 1. The molecular formula is C14H15F3N2O3. The van der Waals surface area contributed by atoms with Gasteiger partial charge in [0.05, 0.1) is 5.92 Å². The minimum Gasteiger partial charge on any atom is -0.406 e. The van der Waals surface area contributed by atoms with Gasteiger partial charge in [0.1, 0.15) is 5.75 Å². The van der Waals surface area contributed by atoms with Crippen molar-refractivity contribution in [3.05, 3.63) is 29.8 Å². The molecule has 2 N–H and O–H groups in total. The number of hydrogen-bond donors (Lipinski definition) is 1. The normalized spacial score (nSPS) is 18.9. The van der Waals surface area contributed by atoms with E-state index in [-0.39, 0.29) is 23.9 Å². The first kappa shape index (κ1) is 16.1. The molecule has 2 amide bonds. The van der Waals surface area contributed by atoms with Crippen molar-refractivity contribution >= 4 is 11.8 Å². The first-order valence-corrected chi connectivity index (χ1v) is 6.70. The molecule has 1 aliphatic rings. The van der Waals surface area contributed by atoms with E-state index >= 15 is 0 Å². The Balaban J connectivity index is 2.05. The maximum Gasteiger partial charge on any atom is 0.573 e. The summed E-state index contributed by atoms with van der Waals surface area (Å²) in [6, 6.07) is 4.68. The molecule has 0 aromatic heterocycles. The molecule has 2 rings (SSSR count). The molecule has 0 spiro atoms. The molecule has 1 aromatic carbocycles. The van der Waals surface area contributed by atoms with Crippen LogP contribution in [0.25, 0.3) is 0 Å². The lowest BCUT2D eigenvalue weighted by atomic mass is 9.97. The Bertz CT molecular complexity index is 557. The smallest absolute Gasteiger partial charge is 0.406 e. The van der Waals surface area contributed by atoms with Crippen LogP contribution in [-0.4, -0.2) is 36.2 Å². The molecule has 0 bridgehead atoms. The first-order valence-electron chi connectivity index (χ1n) is 6.70. The lowest BCUT2D eigenvalue weighted by molar-refractivity contribution is -0.274. The van der Waals surface area contributed by atoms with Crippen LogP contribution in [0.2, 0.25) is 0 Å². The number of nitrogens with zero attached hydrogens (tertiary/aromatic N) is 1. The average Bonchev–Trinajstić information content (AvgIpc) is 2.46. The Morgan fingerprint density at radius 2 is 1.86 bits per heavy atom. The van der Waals surface area contributed by atoms with Crippen LogP contribution in [0.3, 0.4) is 0 Å². The number of hydrogen-bond acceptors (Lipinski definition) is 3. The van der Waals surface area contributed by atoms with E-state index in [1.54, 1.807) is 0 Å². The number of halogens is 3. The van der Waals surface area contributed by atoms with E-state index in [4.69, 9.17) is 5.73 Å². The standard InChI is InChI=1S/C14H15F3N2O3/c15-14(16,17)22-11-5-3-9(4-6-11)13(21)19-7-1-2-10(8-19)12(18)20/h3-6,10H,1-2,7-8H2,(H2,18,20). The number of ether oxygens (including phenoxy) is 1. The van der Waals surface area contributed by atoms with Crippen LogP contribution >= 0.6 is 0 Å². The molecule has 120 valence electrons. The number of amides is 2. The van der Waals surface area contributed by atoms with E-state index in [2.05, 4.69) is 4.74 Å². The molecule has 1 atom stereocenters. The van der Waals surface area contributed by atoms with E-state index in [1.807, 2.05) is 0 Å². The number of piperidine rings is 1. The van der Waals surface area contributed by atoms with Crippen LogP contribution in [0.4, 0.5) is 13.2 Å². The molecular weight excluding hydrogens is 301 g/mol. The summed E-state index contributed by atoms with van der Waals surface area (Å²) in [4.78, 5) is 25.0. The number of alkyl halides is 3. The van der Waals surface area contributed by atoms with Gasteiger partial charge in [-0.05, 0) is 37.1 Å². The Labute approximate surface area is 124 Å². The zero-order valence-corrected chi connectivity index (χ0v) is 11.6. The fourth-order valence-corrected chi connectivity index (χ4v) is 2.38. The van der Waals surface area contributed by atoms with Gasteiger partial charge < -0.3 is 15.4 Å². The van der Waals surface area contributed by atoms with Crippen molar-refractivity contribution in [3.8, 4) is 5.75 Å². The predicted molar refractivity (Wildman–Crippen MR) is 70.9 cm³/mol. The molecule has 5 nitrogen and oxygen atoms in total. The summed E-state index contributed by atoms with van der Waals surface area (Å²) >= 11 is 0. The van der Waals surface area contributed by atoms with Crippen molar-refractivity contribution in [3.63, 3.8) is 0 Å². The summed E-state index contributed by atoms with van der Waals surface area (Å²) in [6.07, 6.45) is -3.47. The molecule has 1 aromatic rings. The zero-order valence-electron chi connectivity index (χ0n) is 11.6. The molecule has 8 heteroatoms. The average molecular weight is 316 g/mol. The first-order chi connectivity index (χ1) is 10.3. The van der Waals surface area contributed by atoms with Gasteiger partial charge in [0.2, 0.25) is 5.91 Å². The van der Waals surface area contributed by atoms with Crippen molar-refractivity contribution in [1.82, 2.24) is 4.90 Å². The lowest BCUT2D eigenvalue weighted by Crippen LogP contribution is -2.44. The minimum absolute atomic E-state index is 0.231. The van der Waals surface area contributed by atoms with Gasteiger partial charge in [0, 0.05) is 18.7 Å². The van der Waals surface area contributed by atoms with Gasteiger partial charge >= 0.3 is 6.36 Å². The van der Waals surface area contributed by atoms with Crippen molar-refractivity contribution in [2.24, 2.45) is 11.7 Å². The summed E-state index contributed by atoms with van der Waals surface area (Å²) in [5.74, 6) is -1.57. The third-order valence-corrected chi connectivity index (χ3v) is 3.45. The third kappa shape index (κ3) is 4.12. The maximum atomic E-state index is 12.3. The Morgan fingerprint density at radius 3 is 2.41 bits per heavy atom. The van der Waals surface area contributed by atoms with E-state index in [0.717, 1.165) is 12.1 Å². The van der Waals surface area contributed by atoms with E-state index in [9.17, 15) is 22.8 Å². The maximum absolute atomic E-state index is 12.3. The second-order valence-electron chi connectivity index (χ2n) is 5.06. The highest BCUT2D eigenvalue weighted by atomic mass is 19.4. The molecule has 0 radical (unpaired) electrons. The van der Waals surface area contributed by atoms with E-state index < -0.39 is 18.0 Å². The topological polar surface area (TPSA) is 72.6 Å². The lowest BCUT2D eigenvalue weighted by Gasteiger charge is -2.31. The fraction of sp³-hybridized carbons (Fsp3) is 0.429. The number of carbonyl (C=O) groups is 2. The van der Waals surface area contributed by atoms with Gasteiger partial charge in [-0.1, -0.05) is 0 Å². The van der Waals surface area contributed by atoms with Gasteiger partial charge in [-0.3, -0.25) is 9.59 Å². The van der Waals surface area contributed by atoms with Crippen molar-refractivity contribution in [2.45, 2.75) is 19.2 Å². The zero-order chi connectivity index (χ0) is 16.3. The van der Waals surface area contributed by atoms with Crippen LogP contribution in [0.5, 0.6) is 5.75 Å². The highest BCUT2D eigenvalue weighted by Crippen LogP contribution is 2.24. The number of nitrogens with two attached hydrogens (primary N) is 1. The highest BCUT2D eigenvalue weighted by molar-refractivity contribution is 5.94. The van der Waals surface area contributed by atoms with Gasteiger partial charge in [-0.25, -0.2) is 0 Å². The summed E-state index contributed by atoms with van der Waals surface area (Å²) in [5, 5.41) is 0. The molecule has 0 saturated carbocycles. The Kier molecular flexibility index (Phi) is 4.58. The fourth-order valence-electron chi connectivity index (χ4n) is 2.38. The molecule has 1 aliphatic heterocycles. The molecule has 1 saturated heterocycles. The number of carbonyl (C=O) groups excluding carboxylic acids is 2. The van der Waals surface area contributed by atoms with Crippen molar-refractivity contribution in [2.75, 3.05) is 13.1 Å². The van der Waals surface area contributed by atoms with Crippen LogP contribution in [0, 0.1) is 5.92 Å². The summed E-state index contributed by atoms with van der Waals surface area (Å²) in [7, 11) is 0. The largest absolute Gasteiger partial charge is 0.573 e. The molecule has 1 fully saturated rings. The van der Waals surface area contributed by atoms with E-state index in [1.165, 1.54) is 17.0 Å². The van der Waals surface area contributed by atoms with Crippen LogP contribution in [0.15, 0.2) is 24.3 Å². The molecule has 0 aliphatic carbocycles. The Morgan fingerprint density at radius 1 is 1.23 bits per heavy atom. The number of primary amides is 1. The van der Waals surface area contributed by atoms with Crippen LogP contribution in [0.1, 0.15) is 23.2 Å². The predicted octanol–water partition coefficient (Wildman–Crippen LogP) is 1.92. The second kappa shape index (κ2) is 6.25. The molecule has 1 heterocycles. The van der Waals surface area contributed by atoms with E-state index in [0.29, 0.717) is 19.4 Å². The minimum atomic E-state index is -4.77. The van der Waals surface area contributed by atoms with Gasteiger partial charge in [0.15, 0.2) is 0 Å². The SMILES string of the molecule is NC(=O)C1CCCN(C(=O)c2ccc(OC(F)(F)F)cc2)C1. The highest BCUT2D eigenvalue weighted by Gasteiger charge is 2.31. The number of rotatable bonds is 3. The van der Waals surface area contributed by atoms with Crippen LogP contribution in [-0.2, 0) is 4.79 Å². The number of likely N-dealkylation sites (tertiary alicyclic amines) is 1.